The summed E-state index contributed by atoms with van der Waals surface area (Å²) in [6.07, 6.45) is 5.75. The highest BCUT2D eigenvalue weighted by Crippen LogP contribution is 2.36. The highest BCUT2D eigenvalue weighted by Gasteiger charge is 2.29. The molecule has 0 aromatic heterocycles. The second-order valence-electron chi connectivity index (χ2n) is 6.73. The maximum absolute atomic E-state index is 12.5. The van der Waals surface area contributed by atoms with Gasteiger partial charge in [-0.3, -0.25) is 4.79 Å². The second kappa shape index (κ2) is 7.88. The van der Waals surface area contributed by atoms with Crippen molar-refractivity contribution in [3.8, 4) is 0 Å². The number of urea groups is 1. The van der Waals surface area contributed by atoms with E-state index in [1.54, 1.807) is 0 Å². The van der Waals surface area contributed by atoms with Gasteiger partial charge in [0.15, 0.2) is 0 Å². The molecule has 0 spiro atoms. The molecular formula is C18H24ClN3O2. The summed E-state index contributed by atoms with van der Waals surface area (Å²) < 4.78 is 0. The maximum Gasteiger partial charge on any atom is 0.315 e. The van der Waals surface area contributed by atoms with E-state index in [2.05, 4.69) is 16.0 Å². The lowest BCUT2D eigenvalue weighted by Crippen LogP contribution is -2.49. The number of hydrogen-bond acceptors (Lipinski definition) is 2. The van der Waals surface area contributed by atoms with Crippen molar-refractivity contribution in [2.24, 2.45) is 5.92 Å². The van der Waals surface area contributed by atoms with Gasteiger partial charge in [-0.15, -0.1) is 0 Å². The summed E-state index contributed by atoms with van der Waals surface area (Å²) in [5, 5.41) is 9.53. The van der Waals surface area contributed by atoms with E-state index in [-0.39, 0.29) is 24.0 Å². The minimum absolute atomic E-state index is 0.00580. The number of nitrogens with one attached hydrogen (secondary N) is 3. The minimum atomic E-state index is -0.202. The highest BCUT2D eigenvalue weighted by atomic mass is 35.5. The largest absolute Gasteiger partial charge is 0.356 e. The number of carbonyl (C=O) groups excluding carboxylic acids is 2. The van der Waals surface area contributed by atoms with Crippen LogP contribution in [0.1, 0.15) is 50.1 Å². The fourth-order valence-corrected chi connectivity index (χ4v) is 3.94. The van der Waals surface area contributed by atoms with Gasteiger partial charge in [0.2, 0.25) is 5.91 Å². The van der Waals surface area contributed by atoms with Gasteiger partial charge >= 0.3 is 6.03 Å². The number of benzene rings is 1. The molecule has 1 aliphatic heterocycles. The normalized spacial score (nSPS) is 22.7. The molecule has 2 unspecified atom stereocenters. The number of rotatable bonds is 4. The van der Waals surface area contributed by atoms with Crippen molar-refractivity contribution in [3.05, 3.63) is 34.9 Å². The Hall–Kier alpha value is -1.75. The van der Waals surface area contributed by atoms with Crippen LogP contribution in [0.5, 0.6) is 0 Å². The molecule has 130 valence electrons. The topological polar surface area (TPSA) is 70.2 Å². The molecule has 1 heterocycles. The van der Waals surface area contributed by atoms with Gasteiger partial charge in [-0.25, -0.2) is 4.79 Å². The fourth-order valence-electron chi connectivity index (χ4n) is 3.74. The molecular weight excluding hydrogens is 326 g/mol. The first-order chi connectivity index (χ1) is 11.6. The van der Waals surface area contributed by atoms with Crippen molar-refractivity contribution in [1.82, 2.24) is 16.0 Å². The smallest absolute Gasteiger partial charge is 0.315 e. The highest BCUT2D eigenvalue weighted by molar-refractivity contribution is 6.30. The molecule has 1 aliphatic carbocycles. The lowest BCUT2D eigenvalue weighted by atomic mass is 9.91. The van der Waals surface area contributed by atoms with Gasteiger partial charge in [-0.1, -0.05) is 36.6 Å². The predicted molar refractivity (Wildman–Crippen MR) is 93.9 cm³/mol. The minimum Gasteiger partial charge on any atom is -0.356 e. The van der Waals surface area contributed by atoms with Crippen molar-refractivity contribution in [2.75, 3.05) is 6.54 Å². The molecule has 1 aromatic carbocycles. The molecule has 24 heavy (non-hydrogen) atoms. The molecule has 5 nitrogen and oxygen atoms in total. The van der Waals surface area contributed by atoms with E-state index in [0.717, 1.165) is 24.8 Å². The van der Waals surface area contributed by atoms with Crippen molar-refractivity contribution >= 4 is 23.5 Å². The zero-order valence-electron chi connectivity index (χ0n) is 13.7. The summed E-state index contributed by atoms with van der Waals surface area (Å²) in [6.45, 7) is 0.615. The number of piperidine rings is 1. The number of carbonyl (C=O) groups is 2. The van der Waals surface area contributed by atoms with Crippen LogP contribution in [0.2, 0.25) is 5.02 Å². The standard InChI is InChI=1S/C18H24ClN3O2/c19-14-7-3-6-13(10-14)17(12-4-1-2-5-12)22-18(24)21-15-8-9-20-16(23)11-15/h3,6-7,10,12,15,17H,1-2,4-5,8-9,11H2,(H,20,23)(H2,21,22,24). The van der Waals surface area contributed by atoms with Crippen LogP contribution < -0.4 is 16.0 Å². The first-order valence-corrected chi connectivity index (χ1v) is 9.09. The van der Waals surface area contributed by atoms with Gasteiger partial charge in [-0.2, -0.15) is 0 Å². The first-order valence-electron chi connectivity index (χ1n) is 8.71. The van der Waals surface area contributed by atoms with E-state index < -0.39 is 0 Å². The first kappa shape index (κ1) is 17.1. The summed E-state index contributed by atoms with van der Waals surface area (Å²) in [6, 6.07) is 7.38. The second-order valence-corrected chi connectivity index (χ2v) is 7.17. The molecule has 6 heteroatoms. The van der Waals surface area contributed by atoms with Crippen molar-refractivity contribution < 1.29 is 9.59 Å². The fraction of sp³-hybridized carbons (Fsp3) is 0.556. The maximum atomic E-state index is 12.5. The van der Waals surface area contributed by atoms with Gasteiger partial charge in [0, 0.05) is 24.0 Å². The molecule has 3 rings (SSSR count). The van der Waals surface area contributed by atoms with Crippen LogP contribution in [0.4, 0.5) is 4.79 Å². The molecule has 3 N–H and O–H groups in total. The van der Waals surface area contributed by atoms with Crippen molar-refractivity contribution in [3.63, 3.8) is 0 Å². The Morgan fingerprint density at radius 2 is 2.04 bits per heavy atom. The average Bonchev–Trinajstić information content (AvgIpc) is 3.07. The molecule has 2 aliphatic rings. The zero-order chi connectivity index (χ0) is 16.9. The summed E-state index contributed by atoms with van der Waals surface area (Å²) in [5.41, 5.74) is 1.05. The molecule has 1 aromatic rings. The number of amides is 3. The van der Waals surface area contributed by atoms with E-state index in [9.17, 15) is 9.59 Å². The summed E-state index contributed by atoms with van der Waals surface area (Å²) in [4.78, 5) is 23.9. The summed E-state index contributed by atoms with van der Waals surface area (Å²) >= 11 is 6.13. The van der Waals surface area contributed by atoms with E-state index in [0.29, 0.717) is 23.9 Å². The zero-order valence-corrected chi connectivity index (χ0v) is 14.4. The monoisotopic (exact) mass is 349 g/mol. The van der Waals surface area contributed by atoms with Crippen molar-refractivity contribution in [2.45, 2.75) is 50.6 Å². The van der Waals surface area contributed by atoms with Crippen LogP contribution >= 0.6 is 11.6 Å². The SMILES string of the molecule is O=C1CC(NC(=O)NC(c2cccc(Cl)c2)C2CCCC2)CCN1. The lowest BCUT2D eigenvalue weighted by molar-refractivity contribution is -0.122. The molecule has 1 saturated heterocycles. The van der Waals surface area contributed by atoms with E-state index >= 15 is 0 Å². The van der Waals surface area contributed by atoms with Crippen LogP contribution in [0.3, 0.4) is 0 Å². The number of halogens is 1. The predicted octanol–water partition coefficient (Wildman–Crippen LogP) is 3.15. The van der Waals surface area contributed by atoms with Gasteiger partial charge in [0.25, 0.3) is 0 Å². The van der Waals surface area contributed by atoms with Gasteiger partial charge in [-0.05, 0) is 42.9 Å². The quantitative estimate of drug-likeness (QED) is 0.781. The Balaban J connectivity index is 1.67. The molecule has 2 fully saturated rings. The molecule has 0 bridgehead atoms. The summed E-state index contributed by atoms with van der Waals surface area (Å²) in [7, 11) is 0. The average molecular weight is 350 g/mol. The van der Waals surface area contributed by atoms with Crippen LogP contribution in [-0.2, 0) is 4.79 Å². The van der Waals surface area contributed by atoms with Crippen LogP contribution in [0.25, 0.3) is 0 Å². The van der Waals surface area contributed by atoms with Gasteiger partial charge in [0.1, 0.15) is 0 Å². The van der Waals surface area contributed by atoms with E-state index in [1.807, 2.05) is 24.3 Å². The molecule has 3 amide bonds. The molecule has 1 saturated carbocycles. The third-order valence-corrected chi connectivity index (χ3v) is 5.18. The molecule has 0 radical (unpaired) electrons. The van der Waals surface area contributed by atoms with E-state index in [4.69, 9.17) is 11.6 Å². The third kappa shape index (κ3) is 4.41. The Labute approximate surface area is 147 Å². The van der Waals surface area contributed by atoms with Crippen LogP contribution in [-0.4, -0.2) is 24.5 Å². The number of hydrogen-bond donors (Lipinski definition) is 3. The van der Waals surface area contributed by atoms with Gasteiger partial charge < -0.3 is 16.0 Å². The third-order valence-electron chi connectivity index (χ3n) is 4.95. The molecule has 2 atom stereocenters. The van der Waals surface area contributed by atoms with E-state index in [1.165, 1.54) is 12.8 Å². The van der Waals surface area contributed by atoms with Crippen LogP contribution in [0, 0.1) is 5.92 Å². The van der Waals surface area contributed by atoms with Gasteiger partial charge in [0.05, 0.1) is 6.04 Å². The Bertz CT molecular complexity index is 602. The Kier molecular flexibility index (Phi) is 5.61. The van der Waals surface area contributed by atoms with Crippen LogP contribution in [0.15, 0.2) is 24.3 Å². The summed E-state index contributed by atoms with van der Waals surface area (Å²) in [5.74, 6) is 0.428. The Morgan fingerprint density at radius 3 is 2.75 bits per heavy atom. The lowest BCUT2D eigenvalue weighted by Gasteiger charge is -2.28. The Morgan fingerprint density at radius 1 is 1.25 bits per heavy atom. The van der Waals surface area contributed by atoms with Crippen molar-refractivity contribution in [1.29, 1.82) is 0 Å².